The molecule has 3 aromatic rings. The average Bonchev–Trinajstić information content (AvgIpc) is 3.17. The van der Waals surface area contributed by atoms with E-state index in [1.54, 1.807) is 42.5 Å². The second-order valence-corrected chi connectivity index (χ2v) is 9.67. The molecular formula is C32H36N2O5. The molecule has 0 saturated carbocycles. The largest absolute Gasteiger partial charge is 0.493 e. The van der Waals surface area contributed by atoms with E-state index in [0.29, 0.717) is 42.3 Å². The molecule has 7 nitrogen and oxygen atoms in total. The Morgan fingerprint density at radius 2 is 1.54 bits per heavy atom. The van der Waals surface area contributed by atoms with Gasteiger partial charge >= 0.3 is 5.97 Å². The van der Waals surface area contributed by atoms with Crippen LogP contribution in [0.4, 0.5) is 11.4 Å². The number of para-hydroxylation sites is 2. The van der Waals surface area contributed by atoms with Crippen molar-refractivity contribution < 1.29 is 23.9 Å². The van der Waals surface area contributed by atoms with Crippen molar-refractivity contribution in [2.75, 3.05) is 30.0 Å². The van der Waals surface area contributed by atoms with Gasteiger partial charge in [-0.25, -0.2) is 0 Å². The van der Waals surface area contributed by atoms with E-state index < -0.39 is 0 Å². The van der Waals surface area contributed by atoms with Crippen LogP contribution >= 0.6 is 0 Å². The number of anilines is 2. The molecule has 1 heterocycles. The molecule has 7 heteroatoms. The highest BCUT2D eigenvalue weighted by Crippen LogP contribution is 2.28. The van der Waals surface area contributed by atoms with Crippen molar-refractivity contribution >= 4 is 29.2 Å². The predicted molar refractivity (Wildman–Crippen MR) is 152 cm³/mol. The van der Waals surface area contributed by atoms with E-state index in [9.17, 15) is 14.4 Å². The van der Waals surface area contributed by atoms with E-state index >= 15 is 0 Å². The molecule has 0 atom stereocenters. The lowest BCUT2D eigenvalue weighted by atomic mass is 10.1. The first-order valence-corrected chi connectivity index (χ1v) is 13.7. The highest BCUT2D eigenvalue weighted by Gasteiger charge is 2.22. The predicted octanol–water partition coefficient (Wildman–Crippen LogP) is 6.42. The Morgan fingerprint density at radius 3 is 2.33 bits per heavy atom. The number of carbonyl (C=O) groups excluding carboxylic acids is 3. The van der Waals surface area contributed by atoms with E-state index in [4.69, 9.17) is 9.47 Å². The van der Waals surface area contributed by atoms with Crippen LogP contribution < -0.4 is 15.0 Å². The summed E-state index contributed by atoms with van der Waals surface area (Å²) in [6.07, 6.45) is 6.57. The van der Waals surface area contributed by atoms with E-state index in [-0.39, 0.29) is 17.8 Å². The smallest absolute Gasteiger partial charge is 0.302 e. The third kappa shape index (κ3) is 7.93. The number of amides is 2. The van der Waals surface area contributed by atoms with Crippen LogP contribution in [0.25, 0.3) is 0 Å². The van der Waals surface area contributed by atoms with Gasteiger partial charge in [-0.3, -0.25) is 14.4 Å². The monoisotopic (exact) mass is 528 g/mol. The molecule has 0 bridgehead atoms. The fourth-order valence-electron chi connectivity index (χ4n) is 4.69. The van der Waals surface area contributed by atoms with Gasteiger partial charge in [0.05, 0.1) is 18.8 Å². The Morgan fingerprint density at radius 1 is 0.821 bits per heavy atom. The summed E-state index contributed by atoms with van der Waals surface area (Å²) in [5.74, 6) is -0.0296. The minimum absolute atomic E-state index is 0.0349. The fraction of sp³-hybridized carbons (Fsp3) is 0.344. The van der Waals surface area contributed by atoms with E-state index in [1.165, 1.54) is 12.5 Å². The minimum Gasteiger partial charge on any atom is -0.493 e. The zero-order valence-electron chi connectivity index (χ0n) is 22.5. The van der Waals surface area contributed by atoms with Gasteiger partial charge in [0.25, 0.3) is 11.8 Å². The Kier molecular flexibility index (Phi) is 10.1. The van der Waals surface area contributed by atoms with Crippen LogP contribution in [-0.2, 0) is 16.0 Å². The summed E-state index contributed by atoms with van der Waals surface area (Å²) in [7, 11) is 0. The zero-order chi connectivity index (χ0) is 27.5. The van der Waals surface area contributed by atoms with Gasteiger partial charge in [0.2, 0.25) is 0 Å². The summed E-state index contributed by atoms with van der Waals surface area (Å²) in [6, 6.07) is 22.3. The molecule has 204 valence electrons. The number of nitrogens with one attached hydrogen (secondary N) is 1. The SMILES string of the molecule is CC(=O)OCCCCCCOc1ccccc1C(=O)Nc1ccc(C(=O)N2CCCCc3ccccc32)cc1. The maximum atomic E-state index is 13.3. The van der Waals surface area contributed by atoms with Gasteiger partial charge in [-0.2, -0.15) is 0 Å². The maximum absolute atomic E-state index is 13.3. The van der Waals surface area contributed by atoms with Gasteiger partial charge in [-0.15, -0.1) is 0 Å². The number of ether oxygens (including phenoxy) is 2. The van der Waals surface area contributed by atoms with E-state index in [0.717, 1.165) is 50.6 Å². The van der Waals surface area contributed by atoms with Crippen molar-refractivity contribution in [1.29, 1.82) is 0 Å². The van der Waals surface area contributed by atoms with Crippen molar-refractivity contribution in [2.24, 2.45) is 0 Å². The second kappa shape index (κ2) is 14.1. The molecule has 0 spiro atoms. The van der Waals surface area contributed by atoms with Crippen LogP contribution in [0.2, 0.25) is 0 Å². The molecule has 0 fully saturated rings. The molecule has 0 unspecified atom stereocenters. The van der Waals surface area contributed by atoms with Gasteiger partial charge in [0, 0.05) is 30.4 Å². The van der Waals surface area contributed by atoms with Gasteiger partial charge in [-0.1, -0.05) is 30.3 Å². The van der Waals surface area contributed by atoms with Crippen molar-refractivity contribution in [3.8, 4) is 5.75 Å². The summed E-state index contributed by atoms with van der Waals surface area (Å²) >= 11 is 0. The third-order valence-corrected chi connectivity index (χ3v) is 6.73. The standard InChI is InChI=1S/C32H36N2O5/c1-24(35)38-22-10-2-3-11-23-39-30-16-7-5-14-28(30)31(36)33-27-19-17-26(18-20-27)32(37)34-21-9-8-13-25-12-4-6-15-29(25)34/h4-7,12,14-20H,2-3,8-11,13,21-23H2,1H3,(H,33,36). The lowest BCUT2D eigenvalue weighted by Crippen LogP contribution is -2.31. The molecule has 39 heavy (non-hydrogen) atoms. The summed E-state index contributed by atoms with van der Waals surface area (Å²) in [5, 5.41) is 2.92. The number of nitrogens with zero attached hydrogens (tertiary/aromatic N) is 1. The summed E-state index contributed by atoms with van der Waals surface area (Å²) in [5.41, 5.74) is 3.83. The highest BCUT2D eigenvalue weighted by molar-refractivity contribution is 6.08. The van der Waals surface area contributed by atoms with E-state index in [2.05, 4.69) is 11.4 Å². The molecule has 0 saturated heterocycles. The number of fused-ring (bicyclic) bond motifs is 1. The number of rotatable bonds is 11. The van der Waals surface area contributed by atoms with Crippen molar-refractivity contribution in [1.82, 2.24) is 0 Å². The molecule has 0 radical (unpaired) electrons. The number of hydrogen-bond donors (Lipinski definition) is 1. The Labute approximate surface area is 230 Å². The van der Waals surface area contributed by atoms with Crippen molar-refractivity contribution in [2.45, 2.75) is 51.9 Å². The number of carbonyl (C=O) groups is 3. The highest BCUT2D eigenvalue weighted by atomic mass is 16.5. The summed E-state index contributed by atoms with van der Waals surface area (Å²) in [4.78, 5) is 39.0. The first-order valence-electron chi connectivity index (χ1n) is 13.7. The van der Waals surface area contributed by atoms with Gasteiger partial charge in [0.1, 0.15) is 5.75 Å². The Balaban J connectivity index is 1.31. The maximum Gasteiger partial charge on any atom is 0.302 e. The quantitative estimate of drug-likeness (QED) is 0.229. The number of benzene rings is 3. The van der Waals surface area contributed by atoms with Crippen molar-refractivity contribution in [3.63, 3.8) is 0 Å². The molecule has 4 rings (SSSR count). The van der Waals surface area contributed by atoms with Crippen LogP contribution in [0.1, 0.15) is 71.7 Å². The molecule has 1 aliphatic rings. The van der Waals surface area contributed by atoms with Gasteiger partial charge < -0.3 is 19.7 Å². The lowest BCUT2D eigenvalue weighted by Gasteiger charge is -2.23. The average molecular weight is 529 g/mol. The molecule has 2 amide bonds. The van der Waals surface area contributed by atoms with Crippen LogP contribution in [0.15, 0.2) is 72.8 Å². The minimum atomic E-state index is -0.271. The normalized spacial score (nSPS) is 12.7. The molecule has 1 N–H and O–H groups in total. The van der Waals surface area contributed by atoms with Crippen LogP contribution in [-0.4, -0.2) is 37.5 Å². The molecule has 0 aliphatic carbocycles. The first-order chi connectivity index (χ1) is 19.0. The van der Waals surface area contributed by atoms with Crippen molar-refractivity contribution in [3.05, 3.63) is 89.5 Å². The second-order valence-electron chi connectivity index (χ2n) is 9.67. The lowest BCUT2D eigenvalue weighted by molar-refractivity contribution is -0.141. The summed E-state index contributed by atoms with van der Waals surface area (Å²) in [6.45, 7) is 3.04. The number of aryl methyl sites for hydroxylation is 1. The van der Waals surface area contributed by atoms with Crippen LogP contribution in [0.3, 0.4) is 0 Å². The fourth-order valence-corrected chi connectivity index (χ4v) is 4.69. The Bertz CT molecular complexity index is 1270. The molecule has 3 aromatic carbocycles. The summed E-state index contributed by atoms with van der Waals surface area (Å²) < 4.78 is 10.8. The molecule has 1 aliphatic heterocycles. The molecular weight excluding hydrogens is 492 g/mol. The van der Waals surface area contributed by atoms with Crippen LogP contribution in [0, 0.1) is 0 Å². The first kappa shape index (κ1) is 27.9. The number of esters is 1. The van der Waals surface area contributed by atoms with Gasteiger partial charge in [-0.05, 0) is 93.0 Å². The third-order valence-electron chi connectivity index (χ3n) is 6.73. The zero-order valence-corrected chi connectivity index (χ0v) is 22.5. The van der Waals surface area contributed by atoms with E-state index in [1.807, 2.05) is 29.2 Å². The van der Waals surface area contributed by atoms with Gasteiger partial charge in [0.15, 0.2) is 0 Å². The topological polar surface area (TPSA) is 84.9 Å². The molecule has 0 aromatic heterocycles. The van der Waals surface area contributed by atoms with Crippen LogP contribution in [0.5, 0.6) is 5.75 Å². The Hall–Kier alpha value is -4.13. The number of hydrogen-bond acceptors (Lipinski definition) is 5. The number of unbranched alkanes of at least 4 members (excludes halogenated alkanes) is 3.